The summed E-state index contributed by atoms with van der Waals surface area (Å²) in [6, 6.07) is 14.5. The van der Waals surface area contributed by atoms with Crippen molar-refractivity contribution in [3.63, 3.8) is 0 Å². The predicted molar refractivity (Wildman–Crippen MR) is 88.4 cm³/mol. The van der Waals surface area contributed by atoms with Crippen molar-refractivity contribution in [2.24, 2.45) is 0 Å². The number of fused-ring (bicyclic) bond motifs is 1. The van der Waals surface area contributed by atoms with E-state index in [1.807, 2.05) is 18.2 Å². The molecule has 0 atom stereocenters. The van der Waals surface area contributed by atoms with Crippen molar-refractivity contribution in [1.82, 2.24) is 4.90 Å². The average Bonchev–Trinajstić information content (AvgIpc) is 3.05. The van der Waals surface area contributed by atoms with Crippen molar-refractivity contribution < 1.29 is 14.2 Å². The van der Waals surface area contributed by atoms with Gasteiger partial charge in [0.15, 0.2) is 11.5 Å². The summed E-state index contributed by atoms with van der Waals surface area (Å²) in [5.74, 6) is 1.59. The molecule has 2 aromatic rings. The number of rotatable bonds is 4. The zero-order chi connectivity index (χ0) is 15.5. The van der Waals surface area contributed by atoms with Crippen molar-refractivity contribution in [1.29, 1.82) is 0 Å². The number of morpholine rings is 1. The number of benzene rings is 2. The fraction of sp³-hybridized carbons (Fsp3) is 0.333. The second-order valence-corrected chi connectivity index (χ2v) is 5.78. The molecule has 4 rings (SSSR count). The Morgan fingerprint density at radius 1 is 0.870 bits per heavy atom. The molecule has 0 bridgehead atoms. The Bertz CT molecular complexity index is 666. The molecule has 2 aliphatic heterocycles. The summed E-state index contributed by atoms with van der Waals surface area (Å²) in [4.78, 5) is 2.42. The third kappa shape index (κ3) is 3.41. The largest absolute Gasteiger partial charge is 0.454 e. The maximum Gasteiger partial charge on any atom is 0.231 e. The Morgan fingerprint density at radius 3 is 2.43 bits per heavy atom. The SMILES string of the molecule is c1cc(Nc2ccc3c(c2)OCO3)ccc1CN1CCOCC1. The molecule has 1 saturated heterocycles. The Labute approximate surface area is 135 Å². The van der Waals surface area contributed by atoms with Crippen LogP contribution in [0.4, 0.5) is 11.4 Å². The molecule has 0 spiro atoms. The van der Waals surface area contributed by atoms with Gasteiger partial charge in [-0.2, -0.15) is 0 Å². The van der Waals surface area contributed by atoms with Crippen molar-refractivity contribution in [3.05, 3.63) is 48.0 Å². The monoisotopic (exact) mass is 312 g/mol. The van der Waals surface area contributed by atoms with Crippen LogP contribution < -0.4 is 14.8 Å². The van der Waals surface area contributed by atoms with Gasteiger partial charge in [0.05, 0.1) is 13.2 Å². The van der Waals surface area contributed by atoms with E-state index in [0.717, 1.165) is 55.7 Å². The van der Waals surface area contributed by atoms with Gasteiger partial charge in [0, 0.05) is 37.1 Å². The van der Waals surface area contributed by atoms with Gasteiger partial charge in [-0.3, -0.25) is 4.90 Å². The first-order chi connectivity index (χ1) is 11.4. The maximum atomic E-state index is 5.40. The number of hydrogen-bond acceptors (Lipinski definition) is 5. The minimum Gasteiger partial charge on any atom is -0.454 e. The molecule has 1 N–H and O–H groups in total. The second-order valence-electron chi connectivity index (χ2n) is 5.78. The molecule has 120 valence electrons. The zero-order valence-electron chi connectivity index (χ0n) is 13.0. The van der Waals surface area contributed by atoms with Gasteiger partial charge in [0.25, 0.3) is 0 Å². The highest BCUT2D eigenvalue weighted by Crippen LogP contribution is 2.35. The summed E-state index contributed by atoms with van der Waals surface area (Å²) in [7, 11) is 0. The lowest BCUT2D eigenvalue weighted by Gasteiger charge is -2.26. The van der Waals surface area contributed by atoms with Crippen molar-refractivity contribution >= 4 is 11.4 Å². The topological polar surface area (TPSA) is 43.0 Å². The van der Waals surface area contributed by atoms with Crippen molar-refractivity contribution in [3.8, 4) is 11.5 Å². The van der Waals surface area contributed by atoms with Crippen molar-refractivity contribution in [2.75, 3.05) is 38.4 Å². The summed E-state index contributed by atoms with van der Waals surface area (Å²) < 4.78 is 16.1. The number of hydrogen-bond donors (Lipinski definition) is 1. The maximum absolute atomic E-state index is 5.40. The number of ether oxygens (including phenoxy) is 3. The predicted octanol–water partition coefficient (Wildman–Crippen LogP) is 2.99. The first-order valence-corrected chi connectivity index (χ1v) is 7.92. The highest BCUT2D eigenvalue weighted by Gasteiger charge is 2.13. The van der Waals surface area contributed by atoms with Gasteiger partial charge in [0.2, 0.25) is 6.79 Å². The average molecular weight is 312 g/mol. The minimum atomic E-state index is 0.301. The van der Waals surface area contributed by atoms with Crippen molar-refractivity contribution in [2.45, 2.75) is 6.54 Å². The van der Waals surface area contributed by atoms with Crippen LogP contribution in [-0.2, 0) is 11.3 Å². The second kappa shape index (κ2) is 6.48. The molecule has 0 aliphatic carbocycles. The van der Waals surface area contributed by atoms with E-state index in [1.165, 1.54) is 5.56 Å². The van der Waals surface area contributed by atoms with Gasteiger partial charge in [-0.15, -0.1) is 0 Å². The minimum absolute atomic E-state index is 0.301. The highest BCUT2D eigenvalue weighted by molar-refractivity contribution is 5.64. The summed E-state index contributed by atoms with van der Waals surface area (Å²) in [5, 5.41) is 3.40. The zero-order valence-corrected chi connectivity index (χ0v) is 13.0. The Kier molecular flexibility index (Phi) is 4.05. The standard InChI is InChI=1S/C18H20N2O3/c1-3-15(4-2-14(1)12-20-7-9-21-10-8-20)19-16-5-6-17-18(11-16)23-13-22-17/h1-6,11,19H,7-10,12-13H2. The molecule has 0 unspecified atom stereocenters. The summed E-state index contributed by atoms with van der Waals surface area (Å²) in [5.41, 5.74) is 3.38. The molecule has 0 aromatic heterocycles. The lowest BCUT2D eigenvalue weighted by molar-refractivity contribution is 0.0342. The van der Waals surface area contributed by atoms with Crippen LogP contribution in [0, 0.1) is 0 Å². The van der Waals surface area contributed by atoms with Gasteiger partial charge in [-0.1, -0.05) is 12.1 Å². The van der Waals surface area contributed by atoms with E-state index in [1.54, 1.807) is 0 Å². The fourth-order valence-electron chi connectivity index (χ4n) is 2.85. The van der Waals surface area contributed by atoms with Crippen LogP contribution >= 0.6 is 0 Å². The quantitative estimate of drug-likeness (QED) is 0.940. The lowest BCUT2D eigenvalue weighted by atomic mass is 10.2. The first kappa shape index (κ1) is 14.4. The Morgan fingerprint density at radius 2 is 1.61 bits per heavy atom. The molecule has 2 aromatic carbocycles. The Balaban J connectivity index is 1.39. The number of anilines is 2. The molecule has 1 fully saturated rings. The van der Waals surface area contributed by atoms with Crippen LogP contribution in [0.2, 0.25) is 0 Å². The molecule has 2 aliphatic rings. The van der Waals surface area contributed by atoms with Crippen LogP contribution in [0.3, 0.4) is 0 Å². The fourth-order valence-corrected chi connectivity index (χ4v) is 2.85. The summed E-state index contributed by atoms with van der Waals surface area (Å²) in [6.45, 7) is 4.98. The normalized spacial score (nSPS) is 17.2. The van der Waals surface area contributed by atoms with E-state index in [4.69, 9.17) is 14.2 Å². The Hall–Kier alpha value is -2.24. The highest BCUT2D eigenvalue weighted by atomic mass is 16.7. The molecule has 0 radical (unpaired) electrons. The summed E-state index contributed by atoms with van der Waals surface area (Å²) in [6.07, 6.45) is 0. The van der Waals surface area contributed by atoms with Gasteiger partial charge in [-0.25, -0.2) is 0 Å². The summed E-state index contributed by atoms with van der Waals surface area (Å²) >= 11 is 0. The molecule has 0 amide bonds. The molecule has 5 heteroatoms. The third-order valence-electron chi connectivity index (χ3n) is 4.13. The van der Waals surface area contributed by atoms with Crippen LogP contribution in [0.5, 0.6) is 11.5 Å². The van der Waals surface area contributed by atoms with E-state index in [0.29, 0.717) is 6.79 Å². The molecule has 2 heterocycles. The van der Waals surface area contributed by atoms with Crippen LogP contribution in [-0.4, -0.2) is 38.0 Å². The number of nitrogens with zero attached hydrogens (tertiary/aromatic N) is 1. The van der Waals surface area contributed by atoms with Gasteiger partial charge < -0.3 is 19.5 Å². The van der Waals surface area contributed by atoms with E-state index in [2.05, 4.69) is 34.5 Å². The molecular formula is C18H20N2O3. The van der Waals surface area contributed by atoms with Gasteiger partial charge >= 0.3 is 0 Å². The van der Waals surface area contributed by atoms with Crippen LogP contribution in [0.25, 0.3) is 0 Å². The van der Waals surface area contributed by atoms with Crippen LogP contribution in [0.15, 0.2) is 42.5 Å². The van der Waals surface area contributed by atoms with E-state index in [9.17, 15) is 0 Å². The molecular weight excluding hydrogens is 292 g/mol. The molecule has 23 heavy (non-hydrogen) atoms. The van der Waals surface area contributed by atoms with Crippen LogP contribution in [0.1, 0.15) is 5.56 Å². The van der Waals surface area contributed by atoms with Gasteiger partial charge in [0.1, 0.15) is 0 Å². The van der Waals surface area contributed by atoms with E-state index in [-0.39, 0.29) is 0 Å². The number of nitrogens with one attached hydrogen (secondary N) is 1. The third-order valence-corrected chi connectivity index (χ3v) is 4.13. The smallest absolute Gasteiger partial charge is 0.231 e. The van der Waals surface area contributed by atoms with E-state index >= 15 is 0 Å². The molecule has 0 saturated carbocycles. The van der Waals surface area contributed by atoms with E-state index < -0.39 is 0 Å². The van der Waals surface area contributed by atoms with Gasteiger partial charge in [-0.05, 0) is 29.8 Å². The lowest BCUT2D eigenvalue weighted by Crippen LogP contribution is -2.35. The first-order valence-electron chi connectivity index (χ1n) is 7.92. The molecule has 5 nitrogen and oxygen atoms in total.